The Hall–Kier alpha value is -3.48. The molecule has 0 bridgehead atoms. The number of aliphatic hydroxyl groups is 1. The number of carbonyl (C=O) groups is 1. The third-order valence-electron chi connectivity index (χ3n) is 4.81. The van der Waals surface area contributed by atoms with Crippen molar-refractivity contribution in [2.75, 3.05) is 32.2 Å². The largest absolute Gasteiger partial charge is 0.494 e. The van der Waals surface area contributed by atoms with Crippen LogP contribution in [0.25, 0.3) is 11.1 Å². The van der Waals surface area contributed by atoms with Crippen molar-refractivity contribution < 1.29 is 45.7 Å². The number of hydrogen-bond donors (Lipinski definition) is 2. The van der Waals surface area contributed by atoms with Crippen molar-refractivity contribution in [3.8, 4) is 22.6 Å². The maximum absolute atomic E-state index is 14.7. The predicted molar refractivity (Wildman–Crippen MR) is 124 cm³/mol. The van der Waals surface area contributed by atoms with E-state index in [-0.39, 0.29) is 40.9 Å². The normalized spacial score (nSPS) is 11.2. The Bertz CT molecular complexity index is 1420. The first-order chi connectivity index (χ1) is 17.0. The second kappa shape index (κ2) is 11.1. The second-order valence-corrected chi connectivity index (χ2v) is 9.17. The predicted octanol–water partition coefficient (Wildman–Crippen LogP) is 4.39. The smallest absolute Gasteiger partial charge is 0.337 e. The zero-order chi connectivity index (χ0) is 26.6. The van der Waals surface area contributed by atoms with Gasteiger partial charge in [-0.25, -0.2) is 26.4 Å². The fourth-order valence-corrected chi connectivity index (χ4v) is 4.86. The topological polar surface area (TPSA) is 111 Å². The summed E-state index contributed by atoms with van der Waals surface area (Å²) < 4.78 is 86.5. The Morgan fingerprint density at radius 2 is 1.75 bits per heavy atom. The van der Waals surface area contributed by atoms with Crippen molar-refractivity contribution in [3.63, 3.8) is 0 Å². The van der Waals surface area contributed by atoms with Crippen LogP contribution >= 0.6 is 11.6 Å². The first-order valence-electron chi connectivity index (χ1n) is 10.0. The van der Waals surface area contributed by atoms with E-state index in [0.29, 0.717) is 6.07 Å². The summed E-state index contributed by atoms with van der Waals surface area (Å²) in [5, 5.41) is 8.75. The van der Waals surface area contributed by atoms with E-state index in [4.69, 9.17) is 26.2 Å². The van der Waals surface area contributed by atoms with Gasteiger partial charge in [0.15, 0.2) is 5.75 Å². The number of hydrogen-bond acceptors (Lipinski definition) is 7. The number of benzene rings is 3. The minimum atomic E-state index is -4.68. The van der Waals surface area contributed by atoms with E-state index in [1.54, 1.807) is 0 Å². The SMILES string of the molecule is COC(=O)c1cc(Cl)c(OC)c(S(=O)(=O)Nc2cc(-c3cc(F)ccc3OCCO)c(F)cc2F)c1. The van der Waals surface area contributed by atoms with E-state index in [0.717, 1.165) is 44.6 Å². The Kier molecular flexibility index (Phi) is 8.33. The molecule has 0 heterocycles. The molecule has 0 saturated heterocycles. The molecule has 13 heteroatoms. The Balaban J connectivity index is 2.13. The number of halogens is 4. The van der Waals surface area contributed by atoms with Crippen molar-refractivity contribution in [1.82, 2.24) is 0 Å². The minimum absolute atomic E-state index is 0.0380. The number of sulfonamides is 1. The number of anilines is 1. The van der Waals surface area contributed by atoms with Gasteiger partial charge in [-0.3, -0.25) is 4.72 Å². The fraction of sp³-hybridized carbons (Fsp3) is 0.174. The summed E-state index contributed by atoms with van der Waals surface area (Å²) >= 11 is 6.06. The van der Waals surface area contributed by atoms with E-state index in [9.17, 15) is 26.4 Å². The first kappa shape index (κ1) is 27.1. The molecule has 3 aromatic carbocycles. The van der Waals surface area contributed by atoms with Gasteiger partial charge in [0, 0.05) is 17.2 Å². The molecule has 8 nitrogen and oxygen atoms in total. The van der Waals surface area contributed by atoms with E-state index >= 15 is 0 Å². The molecule has 0 aliphatic heterocycles. The van der Waals surface area contributed by atoms with E-state index in [1.807, 2.05) is 4.72 Å². The first-order valence-corrected chi connectivity index (χ1v) is 11.9. The number of esters is 1. The molecule has 2 N–H and O–H groups in total. The molecule has 192 valence electrons. The highest BCUT2D eigenvalue weighted by Gasteiger charge is 2.27. The molecular weight excluding hydrogens is 527 g/mol. The van der Waals surface area contributed by atoms with Gasteiger partial charge in [0.1, 0.15) is 34.7 Å². The van der Waals surface area contributed by atoms with E-state index < -0.39 is 49.6 Å². The van der Waals surface area contributed by atoms with Crippen molar-refractivity contribution >= 4 is 33.3 Å². The highest BCUT2D eigenvalue weighted by molar-refractivity contribution is 7.92. The van der Waals surface area contributed by atoms with Crippen molar-refractivity contribution in [3.05, 3.63) is 70.5 Å². The lowest BCUT2D eigenvalue weighted by molar-refractivity contribution is 0.0600. The average Bonchev–Trinajstić information content (AvgIpc) is 2.83. The van der Waals surface area contributed by atoms with E-state index in [2.05, 4.69) is 4.74 Å². The summed E-state index contributed by atoms with van der Waals surface area (Å²) in [5.41, 5.74) is -1.48. The molecule has 36 heavy (non-hydrogen) atoms. The van der Waals surface area contributed by atoms with Crippen LogP contribution in [0.1, 0.15) is 10.4 Å². The molecule has 0 fully saturated rings. The molecule has 0 saturated carbocycles. The molecule has 0 atom stereocenters. The van der Waals surface area contributed by atoms with Crippen LogP contribution in [-0.4, -0.2) is 46.9 Å². The second-order valence-electron chi connectivity index (χ2n) is 7.11. The summed E-state index contributed by atoms with van der Waals surface area (Å²) in [4.78, 5) is 11.3. The zero-order valence-corrected chi connectivity index (χ0v) is 20.3. The van der Waals surface area contributed by atoms with Gasteiger partial charge in [0.2, 0.25) is 0 Å². The summed E-state index contributed by atoms with van der Waals surface area (Å²) in [7, 11) is -2.47. The van der Waals surface area contributed by atoms with Crippen LogP contribution in [0.2, 0.25) is 5.02 Å². The highest BCUT2D eigenvalue weighted by atomic mass is 35.5. The molecular formula is C23H19ClF3NO7S. The van der Waals surface area contributed by atoms with Gasteiger partial charge in [0.05, 0.1) is 37.1 Å². The van der Waals surface area contributed by atoms with Crippen LogP contribution in [0.4, 0.5) is 18.9 Å². The molecule has 3 aromatic rings. The number of ether oxygens (including phenoxy) is 3. The minimum Gasteiger partial charge on any atom is -0.494 e. The van der Waals surface area contributed by atoms with Gasteiger partial charge >= 0.3 is 5.97 Å². The van der Waals surface area contributed by atoms with Gasteiger partial charge in [0.25, 0.3) is 10.0 Å². The fourth-order valence-electron chi connectivity index (χ4n) is 3.23. The number of methoxy groups -OCH3 is 2. The van der Waals surface area contributed by atoms with Crippen LogP contribution in [-0.2, 0) is 14.8 Å². The summed E-state index contributed by atoms with van der Waals surface area (Å²) in [5.74, 6) is -4.47. The lowest BCUT2D eigenvalue weighted by Crippen LogP contribution is -2.17. The third-order valence-corrected chi connectivity index (χ3v) is 6.46. The highest BCUT2D eigenvalue weighted by Crippen LogP contribution is 2.38. The lowest BCUT2D eigenvalue weighted by atomic mass is 10.0. The molecule has 3 rings (SSSR count). The van der Waals surface area contributed by atoms with Crippen LogP contribution in [0.5, 0.6) is 11.5 Å². The maximum Gasteiger partial charge on any atom is 0.337 e. The number of nitrogens with one attached hydrogen (secondary N) is 1. The molecule has 0 amide bonds. The molecule has 0 spiro atoms. The summed E-state index contributed by atoms with van der Waals surface area (Å²) in [6, 6.07) is 6.37. The van der Waals surface area contributed by atoms with Crippen molar-refractivity contribution in [2.45, 2.75) is 4.90 Å². The summed E-state index contributed by atoms with van der Waals surface area (Å²) in [6.45, 7) is -0.583. The average molecular weight is 546 g/mol. The number of rotatable bonds is 9. The van der Waals surface area contributed by atoms with E-state index in [1.165, 1.54) is 6.07 Å². The van der Waals surface area contributed by atoms with Gasteiger partial charge in [-0.15, -0.1) is 0 Å². The van der Waals surface area contributed by atoms with Crippen LogP contribution in [0.3, 0.4) is 0 Å². The molecule has 0 radical (unpaired) electrons. The number of carbonyl (C=O) groups excluding carboxylic acids is 1. The quantitative estimate of drug-likeness (QED) is 0.384. The van der Waals surface area contributed by atoms with Crippen LogP contribution in [0, 0.1) is 17.5 Å². The maximum atomic E-state index is 14.7. The monoisotopic (exact) mass is 545 g/mol. The van der Waals surface area contributed by atoms with Gasteiger partial charge in [-0.2, -0.15) is 0 Å². The summed E-state index contributed by atoms with van der Waals surface area (Å²) in [6.07, 6.45) is 0. The molecule has 0 aliphatic rings. The van der Waals surface area contributed by atoms with Crippen LogP contribution in [0.15, 0.2) is 47.4 Å². The third kappa shape index (κ3) is 5.66. The Labute approximate surface area is 209 Å². The number of aliphatic hydroxyl groups excluding tert-OH is 1. The van der Waals surface area contributed by atoms with Gasteiger partial charge in [-0.1, -0.05) is 11.6 Å². The Morgan fingerprint density at radius 1 is 1.03 bits per heavy atom. The Morgan fingerprint density at radius 3 is 2.39 bits per heavy atom. The standard InChI is InChI=1S/C23H19ClF3NO7S/c1-33-22-16(24)7-12(23(30)34-2)8-21(22)36(31,32)28-19-10-14(17(26)11-18(19)27)15-9-13(25)3-4-20(15)35-6-5-29/h3-4,7-11,28-29H,5-6H2,1-2H3. The van der Waals surface area contributed by atoms with Crippen LogP contribution < -0.4 is 14.2 Å². The zero-order valence-electron chi connectivity index (χ0n) is 18.8. The van der Waals surface area contributed by atoms with Gasteiger partial charge < -0.3 is 19.3 Å². The molecule has 0 aromatic heterocycles. The van der Waals surface area contributed by atoms with Crippen molar-refractivity contribution in [1.29, 1.82) is 0 Å². The molecule has 0 aliphatic carbocycles. The van der Waals surface area contributed by atoms with Crippen molar-refractivity contribution in [2.24, 2.45) is 0 Å². The molecule has 0 unspecified atom stereocenters. The van der Waals surface area contributed by atoms with Gasteiger partial charge in [-0.05, 0) is 36.4 Å². The lowest BCUT2D eigenvalue weighted by Gasteiger charge is -2.16.